The Labute approximate surface area is 99.2 Å². The Morgan fingerprint density at radius 3 is 1.94 bits per heavy atom. The van der Waals surface area contributed by atoms with Crippen molar-refractivity contribution in [2.45, 2.75) is 0 Å². The van der Waals surface area contributed by atoms with Crippen LogP contribution >= 0.6 is 0 Å². The fraction of sp³-hybridized carbons (Fsp3) is 0.0769. The van der Waals surface area contributed by atoms with Crippen molar-refractivity contribution in [1.29, 1.82) is 0 Å². The Hall–Kier alpha value is -2.36. The molecule has 0 saturated carbocycles. The topological polar surface area (TPSA) is 50.7 Å². The Balaban J connectivity index is 2.10. The quantitative estimate of drug-likeness (QED) is 0.807. The van der Waals surface area contributed by atoms with Gasteiger partial charge in [-0.05, 0) is 53.7 Å². The summed E-state index contributed by atoms with van der Waals surface area (Å²) in [7, 11) is 1.86. The molecule has 0 aliphatic heterocycles. The number of anilines is 1. The highest BCUT2D eigenvalue weighted by Gasteiger charge is 1.98. The molecule has 2 aromatic rings. The zero-order valence-corrected chi connectivity index (χ0v) is 9.38. The third-order valence-corrected chi connectivity index (χ3v) is 2.32. The Bertz CT molecular complexity index is 492. The number of hydrogen-bond donors (Lipinski definition) is 1. The number of rotatable bonds is 4. The molecule has 1 N–H and O–H groups in total. The highest BCUT2D eigenvalue weighted by Crippen LogP contribution is 2.24. The molecule has 0 spiro atoms. The lowest BCUT2D eigenvalue weighted by atomic mass is 10.3. The molecule has 0 heterocycles. The zero-order chi connectivity index (χ0) is 12.1. The monoisotopic (exact) mass is 228 g/mol. The smallest absolute Gasteiger partial charge is 0.127 e. The maximum Gasteiger partial charge on any atom is 0.127 e. The van der Waals surface area contributed by atoms with Crippen LogP contribution in [0.25, 0.3) is 0 Å². The van der Waals surface area contributed by atoms with Crippen molar-refractivity contribution >= 4 is 11.4 Å². The first-order valence-corrected chi connectivity index (χ1v) is 5.21. The fourth-order valence-corrected chi connectivity index (χ4v) is 1.40. The van der Waals surface area contributed by atoms with Crippen molar-refractivity contribution < 1.29 is 4.74 Å². The zero-order valence-electron chi connectivity index (χ0n) is 9.38. The maximum atomic E-state index is 10.2. The van der Waals surface area contributed by atoms with Crippen molar-refractivity contribution in [3.05, 3.63) is 53.4 Å². The fourth-order valence-electron chi connectivity index (χ4n) is 1.40. The summed E-state index contributed by atoms with van der Waals surface area (Å²) in [6.07, 6.45) is 0. The van der Waals surface area contributed by atoms with Crippen LogP contribution in [0.15, 0.2) is 53.7 Å². The summed E-state index contributed by atoms with van der Waals surface area (Å²) in [4.78, 5) is 10.2. The van der Waals surface area contributed by atoms with Crippen molar-refractivity contribution in [3.63, 3.8) is 0 Å². The number of benzene rings is 2. The minimum absolute atomic E-state index is 0.392. The van der Waals surface area contributed by atoms with Gasteiger partial charge in [0.25, 0.3) is 0 Å². The molecule has 2 rings (SSSR count). The van der Waals surface area contributed by atoms with Gasteiger partial charge in [-0.25, -0.2) is 0 Å². The lowest BCUT2D eigenvalue weighted by Crippen LogP contribution is -1.88. The van der Waals surface area contributed by atoms with Crippen LogP contribution in [0.5, 0.6) is 11.5 Å². The third-order valence-electron chi connectivity index (χ3n) is 2.32. The summed E-state index contributed by atoms with van der Waals surface area (Å²) in [6.45, 7) is 0. The minimum atomic E-state index is 0.392. The first-order valence-electron chi connectivity index (χ1n) is 5.21. The van der Waals surface area contributed by atoms with Gasteiger partial charge in [0.2, 0.25) is 0 Å². The van der Waals surface area contributed by atoms with E-state index in [9.17, 15) is 4.91 Å². The van der Waals surface area contributed by atoms with Crippen LogP contribution in [0.4, 0.5) is 11.4 Å². The van der Waals surface area contributed by atoms with Crippen LogP contribution in [0.2, 0.25) is 0 Å². The molecule has 0 atom stereocenters. The van der Waals surface area contributed by atoms with Gasteiger partial charge in [-0.2, -0.15) is 0 Å². The predicted octanol–water partition coefficient (Wildman–Crippen LogP) is 3.92. The summed E-state index contributed by atoms with van der Waals surface area (Å²) in [6, 6.07) is 14.3. The maximum absolute atomic E-state index is 10.2. The van der Waals surface area contributed by atoms with Gasteiger partial charge >= 0.3 is 0 Å². The van der Waals surface area contributed by atoms with Crippen LogP contribution in [0, 0.1) is 4.91 Å². The average molecular weight is 228 g/mol. The largest absolute Gasteiger partial charge is 0.457 e. The van der Waals surface area contributed by atoms with E-state index in [2.05, 4.69) is 10.5 Å². The molecule has 0 saturated heterocycles. The molecule has 0 amide bonds. The molecule has 0 bridgehead atoms. The van der Waals surface area contributed by atoms with Crippen LogP contribution < -0.4 is 10.1 Å². The molecule has 0 unspecified atom stereocenters. The molecule has 0 aliphatic carbocycles. The summed E-state index contributed by atoms with van der Waals surface area (Å²) in [5.74, 6) is 1.42. The molecule has 0 radical (unpaired) electrons. The van der Waals surface area contributed by atoms with Gasteiger partial charge in [0, 0.05) is 12.7 Å². The molecule has 86 valence electrons. The second-order valence-corrected chi connectivity index (χ2v) is 3.46. The molecular weight excluding hydrogens is 216 g/mol. The van der Waals surface area contributed by atoms with E-state index < -0.39 is 0 Å². The predicted molar refractivity (Wildman–Crippen MR) is 68.0 cm³/mol. The van der Waals surface area contributed by atoms with Crippen LogP contribution in [-0.4, -0.2) is 7.05 Å². The van der Waals surface area contributed by atoms with E-state index in [4.69, 9.17) is 4.74 Å². The van der Waals surface area contributed by atoms with E-state index in [1.165, 1.54) is 0 Å². The van der Waals surface area contributed by atoms with Crippen LogP contribution in [-0.2, 0) is 0 Å². The molecule has 17 heavy (non-hydrogen) atoms. The van der Waals surface area contributed by atoms with E-state index in [1.54, 1.807) is 24.3 Å². The van der Waals surface area contributed by atoms with E-state index in [0.29, 0.717) is 11.4 Å². The van der Waals surface area contributed by atoms with Gasteiger partial charge in [0.15, 0.2) is 0 Å². The Kier molecular flexibility index (Phi) is 3.35. The Morgan fingerprint density at radius 2 is 1.47 bits per heavy atom. The van der Waals surface area contributed by atoms with E-state index in [-0.39, 0.29) is 0 Å². The highest BCUT2D eigenvalue weighted by atomic mass is 16.5. The number of ether oxygens (including phenoxy) is 1. The van der Waals surface area contributed by atoms with E-state index >= 15 is 0 Å². The van der Waals surface area contributed by atoms with Crippen LogP contribution in [0.1, 0.15) is 0 Å². The van der Waals surface area contributed by atoms with Gasteiger partial charge < -0.3 is 10.1 Å². The van der Waals surface area contributed by atoms with Gasteiger partial charge in [-0.1, -0.05) is 0 Å². The lowest BCUT2D eigenvalue weighted by molar-refractivity contribution is 0.483. The van der Waals surface area contributed by atoms with Crippen molar-refractivity contribution in [3.8, 4) is 11.5 Å². The molecule has 0 aliphatic rings. The Morgan fingerprint density at radius 1 is 0.941 bits per heavy atom. The lowest BCUT2D eigenvalue weighted by Gasteiger charge is -2.06. The second-order valence-electron chi connectivity index (χ2n) is 3.46. The van der Waals surface area contributed by atoms with Gasteiger partial charge in [-0.3, -0.25) is 0 Å². The highest BCUT2D eigenvalue weighted by molar-refractivity contribution is 5.47. The summed E-state index contributed by atoms with van der Waals surface area (Å²) >= 11 is 0. The molecule has 0 aromatic heterocycles. The third kappa shape index (κ3) is 2.81. The van der Waals surface area contributed by atoms with Gasteiger partial charge in [-0.15, -0.1) is 4.91 Å². The van der Waals surface area contributed by atoms with Gasteiger partial charge in [0.05, 0.1) is 0 Å². The SMILES string of the molecule is CNc1ccc(Oc2ccc(N=O)cc2)cc1. The first-order chi connectivity index (χ1) is 8.31. The summed E-state index contributed by atoms with van der Waals surface area (Å²) in [5, 5.41) is 5.86. The second kappa shape index (κ2) is 5.12. The number of nitroso groups, excluding NO2 is 1. The number of nitrogens with one attached hydrogen (secondary N) is 1. The van der Waals surface area contributed by atoms with Crippen molar-refractivity contribution in [2.75, 3.05) is 12.4 Å². The molecule has 0 fully saturated rings. The minimum Gasteiger partial charge on any atom is -0.457 e. The first kappa shape index (κ1) is 11.1. The van der Waals surface area contributed by atoms with E-state index in [0.717, 1.165) is 11.4 Å². The van der Waals surface area contributed by atoms with Crippen molar-refractivity contribution in [1.82, 2.24) is 0 Å². The molecule has 2 aromatic carbocycles. The summed E-state index contributed by atoms with van der Waals surface area (Å²) in [5.41, 5.74) is 1.42. The van der Waals surface area contributed by atoms with Crippen LogP contribution in [0.3, 0.4) is 0 Å². The van der Waals surface area contributed by atoms with Gasteiger partial charge in [0.1, 0.15) is 17.2 Å². The molecule has 4 heteroatoms. The summed E-state index contributed by atoms with van der Waals surface area (Å²) < 4.78 is 5.61. The van der Waals surface area contributed by atoms with E-state index in [1.807, 2.05) is 31.3 Å². The molecular formula is C13H12N2O2. The number of hydrogen-bond acceptors (Lipinski definition) is 4. The van der Waals surface area contributed by atoms with Crippen molar-refractivity contribution in [2.24, 2.45) is 5.18 Å². The number of nitrogens with zero attached hydrogens (tertiary/aromatic N) is 1. The standard InChI is InChI=1S/C13H12N2O2/c1-14-10-2-6-12(7-3-10)17-13-8-4-11(15-16)5-9-13/h2-9,14H,1H3. The normalized spacial score (nSPS) is 9.71. The molecule has 4 nitrogen and oxygen atoms in total. The average Bonchev–Trinajstić information content (AvgIpc) is 2.40.